The van der Waals surface area contributed by atoms with E-state index < -0.39 is 0 Å². The Balaban J connectivity index is 2.32. The fourth-order valence-electron chi connectivity index (χ4n) is 1.46. The van der Waals surface area contributed by atoms with E-state index in [9.17, 15) is 0 Å². The van der Waals surface area contributed by atoms with Gasteiger partial charge in [-0.15, -0.1) is 0 Å². The molecule has 0 amide bonds. The Morgan fingerprint density at radius 1 is 1.18 bits per heavy atom. The maximum absolute atomic E-state index is 8.96. The van der Waals surface area contributed by atoms with Gasteiger partial charge in [0.2, 0.25) is 0 Å². The van der Waals surface area contributed by atoms with Gasteiger partial charge < -0.3 is 4.74 Å². The van der Waals surface area contributed by atoms with Crippen LogP contribution in [0, 0.1) is 21.8 Å². The molecule has 0 fully saturated rings. The van der Waals surface area contributed by atoms with E-state index in [2.05, 4.69) is 28.7 Å². The van der Waals surface area contributed by atoms with Gasteiger partial charge in [-0.3, -0.25) is 0 Å². The standard InChI is InChI=1S/C14H10INO/c1-10-8-12(6-7-13(10)15)17-14-5-3-2-4-11(14)9-16/h2-8H,1H3. The number of rotatable bonds is 2. The zero-order chi connectivity index (χ0) is 12.3. The molecule has 0 bridgehead atoms. The Hall–Kier alpha value is -1.54. The van der Waals surface area contributed by atoms with Crippen molar-refractivity contribution in [1.82, 2.24) is 0 Å². The zero-order valence-electron chi connectivity index (χ0n) is 9.27. The number of para-hydroxylation sites is 1. The van der Waals surface area contributed by atoms with Crippen molar-refractivity contribution in [3.05, 3.63) is 57.2 Å². The van der Waals surface area contributed by atoms with Crippen LogP contribution in [0.25, 0.3) is 0 Å². The smallest absolute Gasteiger partial charge is 0.145 e. The van der Waals surface area contributed by atoms with Crippen molar-refractivity contribution in [3.8, 4) is 17.6 Å². The first-order valence-electron chi connectivity index (χ1n) is 5.14. The lowest BCUT2D eigenvalue weighted by Crippen LogP contribution is -1.89. The molecule has 2 aromatic rings. The number of halogens is 1. The summed E-state index contributed by atoms with van der Waals surface area (Å²) in [6, 6.07) is 15.2. The molecule has 0 saturated carbocycles. The predicted octanol–water partition coefficient (Wildman–Crippen LogP) is 4.26. The minimum Gasteiger partial charge on any atom is -0.456 e. The summed E-state index contributed by atoms with van der Waals surface area (Å²) in [7, 11) is 0. The highest BCUT2D eigenvalue weighted by molar-refractivity contribution is 14.1. The number of nitrogens with zero attached hydrogens (tertiary/aromatic N) is 1. The van der Waals surface area contributed by atoms with Gasteiger partial charge in [0.05, 0.1) is 5.56 Å². The fraction of sp³-hybridized carbons (Fsp3) is 0.0714. The van der Waals surface area contributed by atoms with Gasteiger partial charge in [-0.25, -0.2) is 0 Å². The van der Waals surface area contributed by atoms with Gasteiger partial charge in [-0.1, -0.05) is 12.1 Å². The summed E-state index contributed by atoms with van der Waals surface area (Å²) >= 11 is 2.28. The third-order valence-corrected chi connectivity index (χ3v) is 3.58. The largest absolute Gasteiger partial charge is 0.456 e. The van der Waals surface area contributed by atoms with Crippen LogP contribution in [0.15, 0.2) is 42.5 Å². The SMILES string of the molecule is Cc1cc(Oc2ccccc2C#N)ccc1I. The molecule has 17 heavy (non-hydrogen) atoms. The van der Waals surface area contributed by atoms with Crippen LogP contribution in [0.1, 0.15) is 11.1 Å². The van der Waals surface area contributed by atoms with E-state index in [1.165, 1.54) is 3.57 Å². The van der Waals surface area contributed by atoms with Gasteiger partial charge in [0, 0.05) is 3.57 Å². The maximum Gasteiger partial charge on any atom is 0.145 e. The summed E-state index contributed by atoms with van der Waals surface area (Å²) in [5.41, 5.74) is 1.71. The lowest BCUT2D eigenvalue weighted by Gasteiger charge is -2.08. The average Bonchev–Trinajstić information content (AvgIpc) is 2.34. The van der Waals surface area contributed by atoms with Crippen molar-refractivity contribution < 1.29 is 4.74 Å². The van der Waals surface area contributed by atoms with Gasteiger partial charge in [0.1, 0.15) is 17.6 Å². The average molecular weight is 335 g/mol. The summed E-state index contributed by atoms with van der Waals surface area (Å²) in [6.07, 6.45) is 0. The molecule has 0 radical (unpaired) electrons. The first-order chi connectivity index (χ1) is 8.20. The maximum atomic E-state index is 8.96. The molecule has 3 heteroatoms. The van der Waals surface area contributed by atoms with Gasteiger partial charge in [-0.05, 0) is 65.4 Å². The van der Waals surface area contributed by atoms with Crippen LogP contribution in [0.2, 0.25) is 0 Å². The quantitative estimate of drug-likeness (QED) is 0.768. The molecule has 2 rings (SSSR count). The van der Waals surface area contributed by atoms with Crippen LogP contribution in [0.5, 0.6) is 11.5 Å². The number of ether oxygens (including phenoxy) is 1. The number of hydrogen-bond donors (Lipinski definition) is 0. The summed E-state index contributed by atoms with van der Waals surface area (Å²) in [6.45, 7) is 2.03. The van der Waals surface area contributed by atoms with Crippen molar-refractivity contribution in [2.24, 2.45) is 0 Å². The first kappa shape index (κ1) is 11.9. The Kier molecular flexibility index (Phi) is 3.64. The molecule has 0 heterocycles. The Morgan fingerprint density at radius 3 is 2.65 bits per heavy atom. The Labute approximate surface area is 114 Å². The van der Waals surface area contributed by atoms with Gasteiger partial charge in [0.15, 0.2) is 0 Å². The topological polar surface area (TPSA) is 33.0 Å². The second-order valence-corrected chi connectivity index (χ2v) is 4.78. The molecule has 0 unspecified atom stereocenters. The van der Waals surface area contributed by atoms with E-state index >= 15 is 0 Å². The van der Waals surface area contributed by atoms with Crippen LogP contribution in [0.3, 0.4) is 0 Å². The molecule has 2 nitrogen and oxygen atoms in total. The number of hydrogen-bond acceptors (Lipinski definition) is 2. The van der Waals surface area contributed by atoms with Crippen molar-refractivity contribution in [3.63, 3.8) is 0 Å². The first-order valence-corrected chi connectivity index (χ1v) is 6.21. The molecule has 0 N–H and O–H groups in total. The van der Waals surface area contributed by atoms with Crippen molar-refractivity contribution in [2.45, 2.75) is 6.92 Å². The number of benzene rings is 2. The molecule has 84 valence electrons. The third-order valence-electron chi connectivity index (χ3n) is 2.36. The summed E-state index contributed by atoms with van der Waals surface area (Å²) in [4.78, 5) is 0. The van der Waals surface area contributed by atoms with E-state index in [0.29, 0.717) is 11.3 Å². The highest BCUT2D eigenvalue weighted by Crippen LogP contribution is 2.26. The van der Waals surface area contributed by atoms with Crippen molar-refractivity contribution >= 4 is 22.6 Å². The Morgan fingerprint density at radius 2 is 1.94 bits per heavy atom. The normalized spacial score (nSPS) is 9.71. The molecule has 0 aromatic heterocycles. The summed E-state index contributed by atoms with van der Waals surface area (Å²) in [5, 5.41) is 8.96. The van der Waals surface area contributed by atoms with E-state index in [0.717, 1.165) is 11.3 Å². The molecule has 0 atom stereocenters. The van der Waals surface area contributed by atoms with Crippen LogP contribution in [-0.2, 0) is 0 Å². The van der Waals surface area contributed by atoms with Gasteiger partial charge in [0.25, 0.3) is 0 Å². The molecule has 0 saturated heterocycles. The minimum atomic E-state index is 0.545. The third kappa shape index (κ3) is 2.77. The van der Waals surface area contributed by atoms with Crippen LogP contribution in [-0.4, -0.2) is 0 Å². The van der Waals surface area contributed by atoms with E-state index in [4.69, 9.17) is 10.00 Å². The lowest BCUT2D eigenvalue weighted by atomic mass is 10.2. The van der Waals surface area contributed by atoms with Crippen molar-refractivity contribution in [2.75, 3.05) is 0 Å². The molecule has 0 aliphatic heterocycles. The molecule has 0 aliphatic rings. The summed E-state index contributed by atoms with van der Waals surface area (Å²) < 4.78 is 6.91. The van der Waals surface area contributed by atoms with Crippen LogP contribution < -0.4 is 4.74 Å². The second-order valence-electron chi connectivity index (χ2n) is 3.62. The highest BCUT2D eigenvalue weighted by Gasteiger charge is 2.04. The number of nitriles is 1. The second kappa shape index (κ2) is 5.19. The van der Waals surface area contributed by atoms with Crippen LogP contribution in [0.4, 0.5) is 0 Å². The highest BCUT2D eigenvalue weighted by atomic mass is 127. The van der Waals surface area contributed by atoms with E-state index in [-0.39, 0.29) is 0 Å². The molecule has 2 aromatic carbocycles. The Bertz CT molecular complexity index is 587. The molecular weight excluding hydrogens is 325 g/mol. The number of aryl methyl sites for hydroxylation is 1. The fourth-order valence-corrected chi connectivity index (χ4v) is 1.79. The molecule has 0 spiro atoms. The minimum absolute atomic E-state index is 0.545. The molecule has 0 aliphatic carbocycles. The summed E-state index contributed by atoms with van der Waals surface area (Å²) in [5.74, 6) is 1.35. The predicted molar refractivity (Wildman–Crippen MR) is 75.1 cm³/mol. The van der Waals surface area contributed by atoms with Gasteiger partial charge >= 0.3 is 0 Å². The van der Waals surface area contributed by atoms with Gasteiger partial charge in [-0.2, -0.15) is 5.26 Å². The zero-order valence-corrected chi connectivity index (χ0v) is 11.4. The lowest BCUT2D eigenvalue weighted by molar-refractivity contribution is 0.480. The van der Waals surface area contributed by atoms with E-state index in [1.54, 1.807) is 12.1 Å². The molecular formula is C14H10INO. The monoisotopic (exact) mass is 335 g/mol. The van der Waals surface area contributed by atoms with Crippen molar-refractivity contribution in [1.29, 1.82) is 5.26 Å². The van der Waals surface area contributed by atoms with E-state index in [1.807, 2.05) is 37.3 Å². The van der Waals surface area contributed by atoms with Crippen LogP contribution >= 0.6 is 22.6 Å².